The maximum Gasteiger partial charge on any atom is 0.404 e. The van der Waals surface area contributed by atoms with Crippen molar-refractivity contribution >= 4 is 6.09 Å². The SMILES string of the molecule is CC(C)(C)C(NC(=O)O)C1(CN2CCNCC2)CCCCC1. The summed E-state index contributed by atoms with van der Waals surface area (Å²) in [7, 11) is 0. The van der Waals surface area contributed by atoms with E-state index in [1.54, 1.807) is 0 Å². The molecule has 0 aromatic heterocycles. The summed E-state index contributed by atoms with van der Waals surface area (Å²) in [6, 6.07) is 0.00712. The van der Waals surface area contributed by atoms with Crippen molar-refractivity contribution in [1.82, 2.24) is 15.5 Å². The molecule has 22 heavy (non-hydrogen) atoms. The number of hydrogen-bond acceptors (Lipinski definition) is 3. The zero-order valence-corrected chi connectivity index (χ0v) is 14.5. The van der Waals surface area contributed by atoms with Gasteiger partial charge in [0.25, 0.3) is 0 Å². The molecule has 5 nitrogen and oxygen atoms in total. The molecule has 1 atom stereocenters. The fourth-order valence-corrected chi connectivity index (χ4v) is 4.52. The molecule has 1 aliphatic carbocycles. The van der Waals surface area contributed by atoms with E-state index in [4.69, 9.17) is 0 Å². The van der Waals surface area contributed by atoms with Gasteiger partial charge in [0.15, 0.2) is 0 Å². The van der Waals surface area contributed by atoms with Crippen molar-refractivity contribution in [2.24, 2.45) is 10.8 Å². The minimum absolute atomic E-state index is 0.00712. The van der Waals surface area contributed by atoms with E-state index < -0.39 is 6.09 Å². The Morgan fingerprint density at radius 3 is 2.32 bits per heavy atom. The van der Waals surface area contributed by atoms with Crippen molar-refractivity contribution in [2.75, 3.05) is 32.7 Å². The zero-order chi connectivity index (χ0) is 16.2. The Morgan fingerprint density at radius 2 is 1.82 bits per heavy atom. The van der Waals surface area contributed by atoms with Gasteiger partial charge in [-0.05, 0) is 18.3 Å². The summed E-state index contributed by atoms with van der Waals surface area (Å²) in [6.45, 7) is 11.8. The van der Waals surface area contributed by atoms with Crippen LogP contribution >= 0.6 is 0 Å². The molecule has 1 saturated heterocycles. The van der Waals surface area contributed by atoms with Gasteiger partial charge in [-0.1, -0.05) is 40.0 Å². The highest BCUT2D eigenvalue weighted by Gasteiger charge is 2.47. The maximum absolute atomic E-state index is 11.4. The number of carbonyl (C=O) groups is 1. The highest BCUT2D eigenvalue weighted by Crippen LogP contribution is 2.45. The molecule has 128 valence electrons. The molecule has 1 unspecified atom stereocenters. The van der Waals surface area contributed by atoms with Crippen LogP contribution in [0.3, 0.4) is 0 Å². The van der Waals surface area contributed by atoms with E-state index >= 15 is 0 Å². The Hall–Kier alpha value is -0.810. The smallest absolute Gasteiger partial charge is 0.404 e. The molecule has 0 aromatic rings. The van der Waals surface area contributed by atoms with E-state index in [0.29, 0.717) is 0 Å². The highest BCUT2D eigenvalue weighted by molar-refractivity contribution is 5.65. The minimum Gasteiger partial charge on any atom is -0.465 e. The van der Waals surface area contributed by atoms with Gasteiger partial charge in [-0.15, -0.1) is 0 Å². The normalized spacial score (nSPS) is 24.7. The van der Waals surface area contributed by atoms with Gasteiger partial charge < -0.3 is 20.6 Å². The standard InChI is InChI=1S/C17H33N3O2/c1-16(2,3)14(19-15(21)22)17(7-5-4-6-8-17)13-20-11-9-18-10-12-20/h14,18-19H,4-13H2,1-3H3,(H,21,22). The van der Waals surface area contributed by atoms with Crippen molar-refractivity contribution in [3.63, 3.8) is 0 Å². The predicted octanol–water partition coefficient (Wildman–Crippen LogP) is 2.52. The summed E-state index contributed by atoms with van der Waals surface area (Å²) in [5.41, 5.74) is 0.00992. The molecule has 2 fully saturated rings. The van der Waals surface area contributed by atoms with Crippen molar-refractivity contribution in [3.8, 4) is 0 Å². The van der Waals surface area contributed by atoms with Crippen LogP contribution in [-0.2, 0) is 0 Å². The van der Waals surface area contributed by atoms with Gasteiger partial charge in [0.2, 0.25) is 0 Å². The first-order chi connectivity index (χ1) is 10.3. The molecular formula is C17H33N3O2. The van der Waals surface area contributed by atoms with Crippen molar-refractivity contribution in [1.29, 1.82) is 0 Å². The first-order valence-electron chi connectivity index (χ1n) is 8.76. The molecule has 1 amide bonds. The zero-order valence-electron chi connectivity index (χ0n) is 14.5. The molecule has 5 heteroatoms. The highest BCUT2D eigenvalue weighted by atomic mass is 16.4. The van der Waals surface area contributed by atoms with Crippen LogP contribution in [0.15, 0.2) is 0 Å². The van der Waals surface area contributed by atoms with Gasteiger partial charge in [-0.25, -0.2) is 4.79 Å². The third kappa shape index (κ3) is 4.35. The van der Waals surface area contributed by atoms with Crippen LogP contribution < -0.4 is 10.6 Å². The minimum atomic E-state index is -0.884. The third-order valence-corrected chi connectivity index (χ3v) is 5.34. The predicted molar refractivity (Wildman–Crippen MR) is 89.2 cm³/mol. The lowest BCUT2D eigenvalue weighted by molar-refractivity contribution is 0.0148. The number of nitrogens with one attached hydrogen (secondary N) is 2. The molecule has 0 spiro atoms. The molecule has 1 heterocycles. The third-order valence-electron chi connectivity index (χ3n) is 5.34. The number of amides is 1. The number of piperazine rings is 1. The van der Waals surface area contributed by atoms with Crippen molar-refractivity contribution in [3.05, 3.63) is 0 Å². The first-order valence-corrected chi connectivity index (χ1v) is 8.76. The monoisotopic (exact) mass is 311 g/mol. The Labute approximate surface area is 134 Å². The Bertz CT molecular complexity index is 367. The van der Waals surface area contributed by atoms with E-state index in [2.05, 4.69) is 36.3 Å². The molecule has 2 aliphatic rings. The van der Waals surface area contributed by atoms with Crippen LogP contribution in [0, 0.1) is 10.8 Å². The van der Waals surface area contributed by atoms with Gasteiger partial charge in [0, 0.05) is 44.2 Å². The van der Waals surface area contributed by atoms with Crippen LogP contribution in [0.4, 0.5) is 4.79 Å². The lowest BCUT2D eigenvalue weighted by atomic mass is 9.61. The lowest BCUT2D eigenvalue weighted by Crippen LogP contribution is -2.60. The molecule has 0 bridgehead atoms. The van der Waals surface area contributed by atoms with Crippen molar-refractivity contribution in [2.45, 2.75) is 58.9 Å². The number of nitrogens with zero attached hydrogens (tertiary/aromatic N) is 1. The number of hydrogen-bond donors (Lipinski definition) is 3. The second-order valence-electron chi connectivity index (χ2n) is 8.20. The lowest BCUT2D eigenvalue weighted by Gasteiger charge is -2.51. The Kier molecular flexibility index (Phi) is 5.72. The largest absolute Gasteiger partial charge is 0.465 e. The van der Waals surface area contributed by atoms with Gasteiger partial charge in [-0.3, -0.25) is 0 Å². The summed E-state index contributed by atoms with van der Waals surface area (Å²) < 4.78 is 0. The van der Waals surface area contributed by atoms with Gasteiger partial charge in [0.1, 0.15) is 0 Å². The average Bonchev–Trinajstić information content (AvgIpc) is 2.45. The molecular weight excluding hydrogens is 278 g/mol. The second-order valence-corrected chi connectivity index (χ2v) is 8.20. The average molecular weight is 311 g/mol. The molecule has 3 N–H and O–H groups in total. The van der Waals surface area contributed by atoms with Gasteiger partial charge in [-0.2, -0.15) is 0 Å². The van der Waals surface area contributed by atoms with E-state index in [9.17, 15) is 9.90 Å². The van der Waals surface area contributed by atoms with E-state index in [-0.39, 0.29) is 16.9 Å². The van der Waals surface area contributed by atoms with Gasteiger partial charge >= 0.3 is 6.09 Å². The molecule has 0 radical (unpaired) electrons. The van der Waals surface area contributed by atoms with Crippen LogP contribution in [0.25, 0.3) is 0 Å². The second kappa shape index (κ2) is 7.18. The fraction of sp³-hybridized carbons (Fsp3) is 0.941. The van der Waals surface area contributed by atoms with E-state index in [1.807, 2.05) is 0 Å². The van der Waals surface area contributed by atoms with Gasteiger partial charge in [0.05, 0.1) is 0 Å². The summed E-state index contributed by atoms with van der Waals surface area (Å²) in [4.78, 5) is 13.9. The van der Waals surface area contributed by atoms with Crippen LogP contribution in [0.1, 0.15) is 52.9 Å². The van der Waals surface area contributed by atoms with Crippen LogP contribution in [0.2, 0.25) is 0 Å². The fourth-order valence-electron chi connectivity index (χ4n) is 4.52. The first kappa shape index (κ1) is 17.5. The topological polar surface area (TPSA) is 64.6 Å². The van der Waals surface area contributed by atoms with E-state index in [1.165, 1.54) is 19.3 Å². The summed E-state index contributed by atoms with van der Waals surface area (Å²) in [5, 5.41) is 15.7. The summed E-state index contributed by atoms with van der Waals surface area (Å²) in [5.74, 6) is 0. The Morgan fingerprint density at radius 1 is 1.23 bits per heavy atom. The van der Waals surface area contributed by atoms with Crippen LogP contribution in [0.5, 0.6) is 0 Å². The maximum atomic E-state index is 11.4. The molecule has 2 rings (SSSR count). The molecule has 1 aliphatic heterocycles. The van der Waals surface area contributed by atoms with Crippen LogP contribution in [-0.4, -0.2) is 54.9 Å². The van der Waals surface area contributed by atoms with E-state index in [0.717, 1.165) is 45.6 Å². The van der Waals surface area contributed by atoms with Crippen molar-refractivity contribution < 1.29 is 9.90 Å². The summed E-state index contributed by atoms with van der Waals surface area (Å²) in [6.07, 6.45) is 5.12. The Balaban J connectivity index is 2.22. The quantitative estimate of drug-likeness (QED) is 0.746. The molecule has 0 aromatic carbocycles. The summed E-state index contributed by atoms with van der Waals surface area (Å²) >= 11 is 0. The number of rotatable bonds is 4. The number of carboxylic acid groups (broad SMARTS) is 1. The molecule has 1 saturated carbocycles.